The minimum Gasteiger partial charge on any atom is -0.347 e. The van der Waals surface area contributed by atoms with Crippen molar-refractivity contribution < 1.29 is 4.79 Å². The molecule has 0 fully saturated rings. The van der Waals surface area contributed by atoms with Gasteiger partial charge < -0.3 is 5.32 Å². The van der Waals surface area contributed by atoms with Crippen LogP contribution in [0.1, 0.15) is 27.3 Å². The summed E-state index contributed by atoms with van der Waals surface area (Å²) in [4.78, 5) is 16.9. The van der Waals surface area contributed by atoms with Crippen LogP contribution in [-0.2, 0) is 12.8 Å². The number of hydrogen-bond donors (Lipinski definition) is 1. The standard InChI is InChI=1S/C17H12BrN5O/c18-15-13(9-19)22-23-14(5-6-20-16(15)23)17(24)21-12-7-10-3-1-2-4-11(10)8-12/h1-6,12H,7-8H2,(H,21,24). The number of carbonyl (C=O) groups excluding carboxylic acids is 1. The van der Waals surface area contributed by atoms with E-state index in [0.717, 1.165) is 12.8 Å². The molecule has 118 valence electrons. The highest BCUT2D eigenvalue weighted by Crippen LogP contribution is 2.23. The van der Waals surface area contributed by atoms with E-state index in [2.05, 4.69) is 43.5 Å². The maximum atomic E-state index is 12.7. The predicted molar refractivity (Wildman–Crippen MR) is 90.5 cm³/mol. The van der Waals surface area contributed by atoms with E-state index in [1.54, 1.807) is 12.3 Å². The van der Waals surface area contributed by atoms with Crippen LogP contribution in [0.25, 0.3) is 5.65 Å². The summed E-state index contributed by atoms with van der Waals surface area (Å²) in [6.07, 6.45) is 3.19. The number of halogens is 1. The van der Waals surface area contributed by atoms with Gasteiger partial charge >= 0.3 is 0 Å². The quantitative estimate of drug-likeness (QED) is 0.737. The molecule has 0 spiro atoms. The van der Waals surface area contributed by atoms with Gasteiger partial charge in [0, 0.05) is 12.2 Å². The molecule has 0 atom stereocenters. The van der Waals surface area contributed by atoms with E-state index in [1.807, 2.05) is 18.2 Å². The first-order chi connectivity index (χ1) is 11.7. The Morgan fingerprint density at radius 2 is 2.00 bits per heavy atom. The highest BCUT2D eigenvalue weighted by Gasteiger charge is 2.24. The number of amides is 1. The summed E-state index contributed by atoms with van der Waals surface area (Å²) in [6, 6.07) is 11.9. The molecule has 1 amide bonds. The smallest absolute Gasteiger partial charge is 0.270 e. The molecule has 2 aromatic heterocycles. The number of fused-ring (bicyclic) bond motifs is 2. The molecular weight excluding hydrogens is 370 g/mol. The second-order valence-corrected chi connectivity index (χ2v) is 6.48. The van der Waals surface area contributed by atoms with Gasteiger partial charge in [0.05, 0.1) is 0 Å². The molecule has 0 radical (unpaired) electrons. The minimum absolute atomic E-state index is 0.0626. The van der Waals surface area contributed by atoms with Gasteiger partial charge in [-0.15, -0.1) is 0 Å². The number of carbonyl (C=O) groups is 1. The highest BCUT2D eigenvalue weighted by atomic mass is 79.9. The van der Waals surface area contributed by atoms with Crippen molar-refractivity contribution in [1.29, 1.82) is 5.26 Å². The van der Waals surface area contributed by atoms with Gasteiger partial charge in [-0.3, -0.25) is 4.79 Å². The lowest BCUT2D eigenvalue weighted by molar-refractivity contribution is 0.0931. The molecule has 0 aliphatic heterocycles. The van der Waals surface area contributed by atoms with E-state index in [4.69, 9.17) is 5.26 Å². The molecule has 3 aromatic rings. The Kier molecular flexibility index (Phi) is 3.54. The van der Waals surface area contributed by atoms with Gasteiger partial charge in [-0.25, -0.2) is 9.50 Å². The predicted octanol–water partition coefficient (Wildman–Crippen LogP) is 2.26. The molecule has 0 unspecified atom stereocenters. The Morgan fingerprint density at radius 1 is 1.29 bits per heavy atom. The number of aromatic nitrogens is 3. The molecule has 0 saturated heterocycles. The van der Waals surface area contributed by atoms with Crippen molar-refractivity contribution in [2.45, 2.75) is 18.9 Å². The van der Waals surface area contributed by atoms with Crippen LogP contribution >= 0.6 is 15.9 Å². The third-order valence-electron chi connectivity index (χ3n) is 4.19. The maximum Gasteiger partial charge on any atom is 0.270 e. The number of nitriles is 1. The van der Waals surface area contributed by atoms with Crippen molar-refractivity contribution in [2.24, 2.45) is 0 Å². The molecule has 0 bridgehead atoms. The van der Waals surface area contributed by atoms with Crippen LogP contribution in [0.15, 0.2) is 41.0 Å². The first kappa shape index (κ1) is 14.8. The molecule has 0 saturated carbocycles. The number of nitrogens with one attached hydrogen (secondary N) is 1. The van der Waals surface area contributed by atoms with Crippen LogP contribution in [0.4, 0.5) is 0 Å². The minimum atomic E-state index is -0.223. The van der Waals surface area contributed by atoms with Crippen molar-refractivity contribution in [1.82, 2.24) is 19.9 Å². The van der Waals surface area contributed by atoms with Gasteiger partial charge in [0.25, 0.3) is 5.91 Å². The monoisotopic (exact) mass is 381 g/mol. The third kappa shape index (κ3) is 2.36. The first-order valence-electron chi connectivity index (χ1n) is 7.48. The largest absolute Gasteiger partial charge is 0.347 e. The van der Waals surface area contributed by atoms with E-state index in [-0.39, 0.29) is 17.6 Å². The van der Waals surface area contributed by atoms with E-state index in [9.17, 15) is 4.79 Å². The topological polar surface area (TPSA) is 83.1 Å². The van der Waals surface area contributed by atoms with Gasteiger partial charge in [0.15, 0.2) is 11.3 Å². The van der Waals surface area contributed by atoms with Crippen molar-refractivity contribution in [3.63, 3.8) is 0 Å². The average Bonchev–Trinajstić information content (AvgIpc) is 3.15. The summed E-state index contributed by atoms with van der Waals surface area (Å²) < 4.78 is 1.90. The highest BCUT2D eigenvalue weighted by molar-refractivity contribution is 9.10. The second-order valence-electron chi connectivity index (χ2n) is 5.69. The fourth-order valence-corrected chi connectivity index (χ4v) is 3.52. The molecule has 2 heterocycles. The zero-order valence-corrected chi connectivity index (χ0v) is 14.1. The van der Waals surface area contributed by atoms with Crippen molar-refractivity contribution in [3.8, 4) is 6.07 Å². The van der Waals surface area contributed by atoms with Crippen molar-refractivity contribution >= 4 is 27.5 Å². The lowest BCUT2D eigenvalue weighted by Gasteiger charge is -2.12. The van der Waals surface area contributed by atoms with Gasteiger partial charge in [-0.05, 0) is 46.0 Å². The van der Waals surface area contributed by atoms with Crippen LogP contribution in [0.5, 0.6) is 0 Å². The summed E-state index contributed by atoms with van der Waals surface area (Å²) in [5, 5.41) is 16.3. The number of hydrogen-bond acceptors (Lipinski definition) is 4. The first-order valence-corrected chi connectivity index (χ1v) is 8.27. The van der Waals surface area contributed by atoms with Crippen LogP contribution in [0, 0.1) is 11.3 Å². The molecule has 4 rings (SSSR count). The maximum absolute atomic E-state index is 12.7. The Morgan fingerprint density at radius 3 is 2.67 bits per heavy atom. The molecule has 1 N–H and O–H groups in total. The van der Waals surface area contributed by atoms with E-state index in [1.165, 1.54) is 15.6 Å². The molecule has 1 aliphatic rings. The zero-order valence-electron chi connectivity index (χ0n) is 12.5. The summed E-state index contributed by atoms with van der Waals surface area (Å²) in [5.41, 5.74) is 3.57. The van der Waals surface area contributed by atoms with Crippen LogP contribution < -0.4 is 5.32 Å². The van der Waals surface area contributed by atoms with Crippen molar-refractivity contribution in [3.05, 3.63) is 63.5 Å². The fourth-order valence-electron chi connectivity index (χ4n) is 3.08. The van der Waals surface area contributed by atoms with Gasteiger partial charge in [-0.1, -0.05) is 24.3 Å². The SMILES string of the molecule is N#Cc1nn2c(C(=O)NC3Cc4ccccc4C3)ccnc2c1Br. The van der Waals surface area contributed by atoms with E-state index < -0.39 is 0 Å². The third-order valence-corrected chi connectivity index (χ3v) is 4.92. The average molecular weight is 382 g/mol. The lowest BCUT2D eigenvalue weighted by atomic mass is 10.1. The van der Waals surface area contributed by atoms with Gasteiger partial charge in [0.1, 0.15) is 16.2 Å². The van der Waals surface area contributed by atoms with Crippen molar-refractivity contribution in [2.75, 3.05) is 0 Å². The van der Waals surface area contributed by atoms with Crippen LogP contribution in [0.2, 0.25) is 0 Å². The summed E-state index contributed by atoms with van der Waals surface area (Å²) >= 11 is 3.30. The zero-order chi connectivity index (χ0) is 16.7. The normalized spacial score (nSPS) is 13.7. The van der Waals surface area contributed by atoms with E-state index in [0.29, 0.717) is 15.8 Å². The Balaban J connectivity index is 1.62. The fraction of sp³-hybridized carbons (Fsp3) is 0.176. The molecular formula is C17H12BrN5O. The molecule has 24 heavy (non-hydrogen) atoms. The molecule has 6 nitrogen and oxygen atoms in total. The van der Waals surface area contributed by atoms with Crippen LogP contribution in [0.3, 0.4) is 0 Å². The molecule has 1 aliphatic carbocycles. The van der Waals surface area contributed by atoms with Crippen LogP contribution in [-0.4, -0.2) is 26.5 Å². The summed E-state index contributed by atoms with van der Waals surface area (Å²) in [5.74, 6) is -0.223. The molecule has 1 aromatic carbocycles. The number of rotatable bonds is 2. The molecule has 7 heteroatoms. The second kappa shape index (κ2) is 5.73. The Hall–Kier alpha value is -2.72. The number of benzene rings is 1. The van der Waals surface area contributed by atoms with E-state index >= 15 is 0 Å². The van der Waals surface area contributed by atoms with Gasteiger partial charge in [0.2, 0.25) is 0 Å². The Bertz CT molecular complexity index is 979. The Labute approximate surface area is 146 Å². The number of nitrogens with zero attached hydrogens (tertiary/aromatic N) is 4. The summed E-state index contributed by atoms with van der Waals surface area (Å²) in [7, 11) is 0. The lowest BCUT2D eigenvalue weighted by Crippen LogP contribution is -2.36. The summed E-state index contributed by atoms with van der Waals surface area (Å²) in [6.45, 7) is 0. The van der Waals surface area contributed by atoms with Gasteiger partial charge in [-0.2, -0.15) is 10.4 Å².